The van der Waals surface area contributed by atoms with Gasteiger partial charge < -0.3 is 9.63 Å². The SMILES string of the molecule is Cc1ccc2c(c1)-c1cc(-c3c(C)noc3C)cc(C(=O)O)c1C2. The number of aryl methyl sites for hydroxylation is 3. The van der Waals surface area contributed by atoms with Gasteiger partial charge in [0.15, 0.2) is 0 Å². The summed E-state index contributed by atoms with van der Waals surface area (Å²) in [6.45, 7) is 5.77. The van der Waals surface area contributed by atoms with Crippen molar-refractivity contribution in [2.24, 2.45) is 0 Å². The van der Waals surface area contributed by atoms with E-state index < -0.39 is 5.97 Å². The maximum atomic E-state index is 11.8. The molecule has 1 heterocycles. The van der Waals surface area contributed by atoms with E-state index in [4.69, 9.17) is 4.52 Å². The molecule has 0 radical (unpaired) electrons. The van der Waals surface area contributed by atoms with Gasteiger partial charge in [0.05, 0.1) is 11.3 Å². The van der Waals surface area contributed by atoms with Gasteiger partial charge in [0.25, 0.3) is 0 Å². The van der Waals surface area contributed by atoms with Crippen LogP contribution in [-0.4, -0.2) is 16.2 Å². The molecule has 0 fully saturated rings. The quantitative estimate of drug-likeness (QED) is 0.589. The van der Waals surface area contributed by atoms with E-state index in [9.17, 15) is 9.90 Å². The molecular weight excluding hydrogens is 302 g/mol. The highest BCUT2D eigenvalue weighted by Gasteiger charge is 2.26. The smallest absolute Gasteiger partial charge is 0.336 e. The Balaban J connectivity index is 2.03. The zero-order valence-corrected chi connectivity index (χ0v) is 13.8. The summed E-state index contributed by atoms with van der Waals surface area (Å²) in [6, 6.07) is 10.1. The number of carbonyl (C=O) groups is 1. The van der Waals surface area contributed by atoms with Crippen molar-refractivity contribution >= 4 is 5.97 Å². The Bertz CT molecular complexity index is 979. The summed E-state index contributed by atoms with van der Waals surface area (Å²) in [5, 5.41) is 13.7. The lowest BCUT2D eigenvalue weighted by Crippen LogP contribution is -2.02. The second-order valence-corrected chi connectivity index (χ2v) is 6.39. The molecule has 3 aromatic rings. The van der Waals surface area contributed by atoms with Crippen LogP contribution in [-0.2, 0) is 6.42 Å². The van der Waals surface area contributed by atoms with E-state index in [0.29, 0.717) is 17.7 Å². The number of aromatic carboxylic acids is 1. The van der Waals surface area contributed by atoms with Crippen molar-refractivity contribution in [2.45, 2.75) is 27.2 Å². The highest BCUT2D eigenvalue weighted by molar-refractivity contribution is 5.97. The van der Waals surface area contributed by atoms with E-state index in [1.807, 2.05) is 13.8 Å². The summed E-state index contributed by atoms with van der Waals surface area (Å²) >= 11 is 0. The third-order valence-electron chi connectivity index (χ3n) is 4.73. The molecule has 120 valence electrons. The summed E-state index contributed by atoms with van der Waals surface area (Å²) < 4.78 is 5.26. The van der Waals surface area contributed by atoms with Gasteiger partial charge in [0.2, 0.25) is 0 Å². The molecule has 1 N–H and O–H groups in total. The Labute approximate surface area is 139 Å². The topological polar surface area (TPSA) is 63.3 Å². The zero-order valence-electron chi connectivity index (χ0n) is 13.8. The summed E-state index contributed by atoms with van der Waals surface area (Å²) in [5.74, 6) is -0.198. The van der Waals surface area contributed by atoms with Gasteiger partial charge in [-0.25, -0.2) is 4.79 Å². The molecule has 4 heteroatoms. The minimum absolute atomic E-state index is 0.358. The third-order valence-corrected chi connectivity index (χ3v) is 4.73. The molecule has 4 nitrogen and oxygen atoms in total. The van der Waals surface area contributed by atoms with Crippen LogP contribution in [0.4, 0.5) is 0 Å². The summed E-state index contributed by atoms with van der Waals surface area (Å²) in [6.07, 6.45) is 0.661. The first-order valence-electron chi connectivity index (χ1n) is 7.89. The van der Waals surface area contributed by atoms with Crippen molar-refractivity contribution in [2.75, 3.05) is 0 Å². The van der Waals surface area contributed by atoms with Gasteiger partial charge in [-0.15, -0.1) is 0 Å². The van der Waals surface area contributed by atoms with Crippen LogP contribution >= 0.6 is 0 Å². The lowest BCUT2D eigenvalue weighted by molar-refractivity contribution is 0.0696. The Kier molecular flexibility index (Phi) is 3.10. The van der Waals surface area contributed by atoms with Crippen LogP contribution in [0.2, 0.25) is 0 Å². The molecule has 1 aliphatic rings. The third kappa shape index (κ3) is 2.07. The van der Waals surface area contributed by atoms with Crippen LogP contribution < -0.4 is 0 Å². The highest BCUT2D eigenvalue weighted by atomic mass is 16.5. The predicted octanol–water partition coefficient (Wildman–Crippen LogP) is 4.54. The maximum Gasteiger partial charge on any atom is 0.336 e. The largest absolute Gasteiger partial charge is 0.478 e. The van der Waals surface area contributed by atoms with Crippen molar-refractivity contribution < 1.29 is 14.4 Å². The average Bonchev–Trinajstić information content (AvgIpc) is 3.06. The molecular formula is C20H17NO3. The van der Waals surface area contributed by atoms with Gasteiger partial charge in [-0.2, -0.15) is 0 Å². The molecule has 0 amide bonds. The number of carboxylic acids is 1. The molecule has 0 bridgehead atoms. The van der Waals surface area contributed by atoms with Crippen molar-refractivity contribution in [3.8, 4) is 22.3 Å². The Morgan fingerprint density at radius 1 is 1.12 bits per heavy atom. The number of benzene rings is 2. The molecule has 1 aliphatic carbocycles. The van der Waals surface area contributed by atoms with Crippen molar-refractivity contribution in [1.82, 2.24) is 5.16 Å². The van der Waals surface area contributed by atoms with E-state index in [1.165, 1.54) is 11.1 Å². The molecule has 24 heavy (non-hydrogen) atoms. The minimum Gasteiger partial charge on any atom is -0.478 e. The van der Waals surface area contributed by atoms with Crippen molar-refractivity contribution in [3.05, 3.63) is 64.0 Å². The second kappa shape index (κ2) is 5.06. The van der Waals surface area contributed by atoms with Gasteiger partial charge in [-0.1, -0.05) is 28.9 Å². The first kappa shape index (κ1) is 14.7. The molecule has 0 saturated heterocycles. The fourth-order valence-electron chi connectivity index (χ4n) is 3.62. The van der Waals surface area contributed by atoms with Crippen LogP contribution in [0.1, 0.15) is 38.5 Å². The van der Waals surface area contributed by atoms with Crippen molar-refractivity contribution in [1.29, 1.82) is 0 Å². The van der Waals surface area contributed by atoms with E-state index in [1.54, 1.807) is 6.07 Å². The number of hydrogen-bond acceptors (Lipinski definition) is 3. The zero-order chi connectivity index (χ0) is 17.0. The Morgan fingerprint density at radius 3 is 2.58 bits per heavy atom. The maximum absolute atomic E-state index is 11.8. The molecule has 0 atom stereocenters. The normalized spacial score (nSPS) is 12.1. The standard InChI is InChI=1S/C20H17NO3/c1-10-4-5-13-7-17-16(15(13)6-10)8-14(9-18(17)20(22)23)19-11(2)21-24-12(19)3/h4-6,8-9H,7H2,1-3H3,(H,22,23). The van der Waals surface area contributed by atoms with Crippen molar-refractivity contribution in [3.63, 3.8) is 0 Å². The fourth-order valence-corrected chi connectivity index (χ4v) is 3.62. The van der Waals surface area contributed by atoms with Gasteiger partial charge in [-0.05, 0) is 67.1 Å². The summed E-state index contributed by atoms with van der Waals surface area (Å²) in [4.78, 5) is 11.8. The van der Waals surface area contributed by atoms with E-state index in [2.05, 4.69) is 36.3 Å². The second-order valence-electron chi connectivity index (χ2n) is 6.39. The van der Waals surface area contributed by atoms with Gasteiger partial charge >= 0.3 is 5.97 Å². The van der Waals surface area contributed by atoms with Gasteiger partial charge in [-0.3, -0.25) is 0 Å². The molecule has 1 aromatic heterocycles. The first-order valence-corrected chi connectivity index (χ1v) is 7.89. The van der Waals surface area contributed by atoms with Crippen LogP contribution in [0.15, 0.2) is 34.9 Å². The first-order chi connectivity index (χ1) is 11.5. The number of hydrogen-bond donors (Lipinski definition) is 1. The highest BCUT2D eigenvalue weighted by Crippen LogP contribution is 2.42. The minimum atomic E-state index is -0.899. The van der Waals surface area contributed by atoms with Gasteiger partial charge in [0, 0.05) is 5.56 Å². The van der Waals surface area contributed by atoms with E-state index in [0.717, 1.165) is 33.5 Å². The molecule has 0 unspecified atom stereocenters. The fraction of sp³-hybridized carbons (Fsp3) is 0.200. The van der Waals surface area contributed by atoms with Crippen LogP contribution in [0.25, 0.3) is 22.3 Å². The lowest BCUT2D eigenvalue weighted by Gasteiger charge is -2.10. The van der Waals surface area contributed by atoms with E-state index >= 15 is 0 Å². The monoisotopic (exact) mass is 319 g/mol. The van der Waals surface area contributed by atoms with Crippen LogP contribution in [0, 0.1) is 20.8 Å². The Morgan fingerprint density at radius 2 is 1.92 bits per heavy atom. The number of fused-ring (bicyclic) bond motifs is 3. The van der Waals surface area contributed by atoms with Gasteiger partial charge in [0.1, 0.15) is 5.76 Å². The molecule has 2 aromatic carbocycles. The number of aromatic nitrogens is 1. The number of rotatable bonds is 2. The van der Waals surface area contributed by atoms with Crippen LogP contribution in [0.3, 0.4) is 0 Å². The van der Waals surface area contributed by atoms with E-state index in [-0.39, 0.29) is 0 Å². The lowest BCUT2D eigenvalue weighted by atomic mass is 9.93. The van der Waals surface area contributed by atoms with Crippen LogP contribution in [0.5, 0.6) is 0 Å². The predicted molar refractivity (Wildman–Crippen MR) is 91.4 cm³/mol. The molecule has 0 saturated carbocycles. The average molecular weight is 319 g/mol. The molecule has 4 rings (SSSR count). The number of carboxylic acid groups (broad SMARTS) is 1. The number of nitrogens with zero attached hydrogens (tertiary/aromatic N) is 1. The summed E-state index contributed by atoms with van der Waals surface area (Å²) in [5.41, 5.74) is 8.21. The Hall–Kier alpha value is -2.88. The summed E-state index contributed by atoms with van der Waals surface area (Å²) in [7, 11) is 0. The molecule has 0 aliphatic heterocycles. The molecule has 0 spiro atoms.